The third-order valence-electron chi connectivity index (χ3n) is 3.90. The minimum absolute atomic E-state index is 0.371. The Balaban J connectivity index is 1.95. The molecule has 1 aromatic carbocycles. The lowest BCUT2D eigenvalue weighted by Gasteiger charge is -2.37. The molecule has 0 N–H and O–H groups in total. The first-order chi connectivity index (χ1) is 9.40. The molecule has 100 valence electrons. The second kappa shape index (κ2) is 5.93. The SMILES string of the molecule is C=CCC1=NSc2ccccc2C1N1CCCCC1. The Morgan fingerprint density at radius 3 is 2.84 bits per heavy atom. The van der Waals surface area contributed by atoms with Gasteiger partial charge in [-0.05, 0) is 37.6 Å². The van der Waals surface area contributed by atoms with Gasteiger partial charge in [0.2, 0.25) is 0 Å². The summed E-state index contributed by atoms with van der Waals surface area (Å²) in [7, 11) is 0. The van der Waals surface area contributed by atoms with E-state index in [1.165, 1.54) is 48.5 Å². The summed E-state index contributed by atoms with van der Waals surface area (Å²) < 4.78 is 4.74. The first kappa shape index (κ1) is 12.9. The van der Waals surface area contributed by atoms with Crippen molar-refractivity contribution < 1.29 is 0 Å². The number of benzene rings is 1. The molecule has 1 atom stereocenters. The van der Waals surface area contributed by atoms with Gasteiger partial charge in [0.25, 0.3) is 0 Å². The van der Waals surface area contributed by atoms with E-state index >= 15 is 0 Å². The minimum Gasteiger partial charge on any atom is -0.291 e. The third kappa shape index (κ3) is 2.63. The second-order valence-electron chi connectivity index (χ2n) is 5.20. The van der Waals surface area contributed by atoms with Crippen LogP contribution < -0.4 is 0 Å². The fourth-order valence-corrected chi connectivity index (χ4v) is 3.82. The summed E-state index contributed by atoms with van der Waals surface area (Å²) in [6.07, 6.45) is 6.86. The number of rotatable bonds is 3. The summed E-state index contributed by atoms with van der Waals surface area (Å²) in [5.74, 6) is 0. The van der Waals surface area contributed by atoms with Crippen LogP contribution in [0.1, 0.15) is 37.3 Å². The van der Waals surface area contributed by atoms with Crippen molar-refractivity contribution in [3.8, 4) is 0 Å². The molecule has 0 spiro atoms. The molecule has 3 heteroatoms. The van der Waals surface area contributed by atoms with Gasteiger partial charge in [-0.25, -0.2) is 4.40 Å². The summed E-state index contributed by atoms with van der Waals surface area (Å²) in [6, 6.07) is 9.07. The van der Waals surface area contributed by atoms with Crippen LogP contribution in [0.3, 0.4) is 0 Å². The van der Waals surface area contributed by atoms with Crippen molar-refractivity contribution in [1.82, 2.24) is 4.90 Å². The van der Waals surface area contributed by atoms with Crippen molar-refractivity contribution in [1.29, 1.82) is 0 Å². The Morgan fingerprint density at radius 2 is 2.05 bits per heavy atom. The van der Waals surface area contributed by atoms with Gasteiger partial charge in [0.15, 0.2) is 0 Å². The van der Waals surface area contributed by atoms with Gasteiger partial charge >= 0.3 is 0 Å². The summed E-state index contributed by atoms with van der Waals surface area (Å²) in [5, 5.41) is 0. The van der Waals surface area contributed by atoms with Crippen molar-refractivity contribution in [3.63, 3.8) is 0 Å². The monoisotopic (exact) mass is 272 g/mol. The highest BCUT2D eigenvalue weighted by Gasteiger charge is 2.30. The van der Waals surface area contributed by atoms with Crippen LogP contribution in [0.15, 0.2) is 46.2 Å². The third-order valence-corrected chi connectivity index (χ3v) is 4.79. The molecule has 1 saturated heterocycles. The molecule has 0 aromatic heterocycles. The summed E-state index contributed by atoms with van der Waals surface area (Å²) in [4.78, 5) is 3.91. The molecular weight excluding hydrogens is 252 g/mol. The molecule has 0 bridgehead atoms. The predicted molar refractivity (Wildman–Crippen MR) is 82.7 cm³/mol. The fourth-order valence-electron chi connectivity index (χ4n) is 3.01. The van der Waals surface area contributed by atoms with Crippen molar-refractivity contribution in [2.45, 2.75) is 36.6 Å². The zero-order valence-corrected chi connectivity index (χ0v) is 12.0. The second-order valence-corrected chi connectivity index (χ2v) is 6.01. The molecule has 2 aliphatic rings. The molecule has 3 rings (SSSR count). The molecule has 2 aliphatic heterocycles. The summed E-state index contributed by atoms with van der Waals surface area (Å²) in [6.45, 7) is 6.27. The lowest BCUT2D eigenvalue weighted by atomic mass is 9.95. The maximum absolute atomic E-state index is 4.74. The number of allylic oxidation sites excluding steroid dienone is 1. The van der Waals surface area contributed by atoms with Crippen LogP contribution in [-0.4, -0.2) is 23.7 Å². The van der Waals surface area contributed by atoms with E-state index in [4.69, 9.17) is 4.40 Å². The fraction of sp³-hybridized carbons (Fsp3) is 0.438. The van der Waals surface area contributed by atoms with Crippen molar-refractivity contribution in [3.05, 3.63) is 42.5 Å². The molecule has 2 heterocycles. The highest BCUT2D eigenvalue weighted by Crippen LogP contribution is 2.39. The highest BCUT2D eigenvalue weighted by molar-refractivity contribution is 7.98. The Morgan fingerprint density at radius 1 is 1.26 bits per heavy atom. The van der Waals surface area contributed by atoms with Gasteiger partial charge < -0.3 is 0 Å². The number of likely N-dealkylation sites (tertiary alicyclic amines) is 1. The Labute approximate surface area is 119 Å². The summed E-state index contributed by atoms with van der Waals surface area (Å²) in [5.41, 5.74) is 2.70. The van der Waals surface area contributed by atoms with E-state index in [9.17, 15) is 0 Å². The van der Waals surface area contributed by atoms with Gasteiger partial charge in [-0.15, -0.1) is 6.58 Å². The Hall–Kier alpha value is -1.06. The van der Waals surface area contributed by atoms with Crippen LogP contribution in [0.4, 0.5) is 0 Å². The van der Waals surface area contributed by atoms with Crippen LogP contribution >= 0.6 is 11.9 Å². The molecular formula is C16H20N2S. The van der Waals surface area contributed by atoms with Crippen LogP contribution in [0.2, 0.25) is 0 Å². The molecule has 0 saturated carbocycles. The molecule has 19 heavy (non-hydrogen) atoms. The van der Waals surface area contributed by atoms with Crippen LogP contribution in [0.5, 0.6) is 0 Å². The number of piperidine rings is 1. The number of hydrogen-bond acceptors (Lipinski definition) is 3. The van der Waals surface area contributed by atoms with E-state index in [-0.39, 0.29) is 0 Å². The Bertz CT molecular complexity index is 489. The molecule has 0 amide bonds. The molecule has 0 aliphatic carbocycles. The van der Waals surface area contributed by atoms with Gasteiger partial charge in [0.1, 0.15) is 0 Å². The van der Waals surface area contributed by atoms with Gasteiger partial charge in [-0.3, -0.25) is 4.90 Å². The number of hydrogen-bond donors (Lipinski definition) is 0. The maximum atomic E-state index is 4.74. The van der Waals surface area contributed by atoms with Crippen molar-refractivity contribution >= 4 is 17.7 Å². The molecule has 1 unspecified atom stereocenters. The smallest absolute Gasteiger partial charge is 0.0758 e. The topological polar surface area (TPSA) is 15.6 Å². The van der Waals surface area contributed by atoms with Gasteiger partial charge in [0.05, 0.1) is 11.8 Å². The van der Waals surface area contributed by atoms with Gasteiger partial charge in [0, 0.05) is 23.3 Å². The van der Waals surface area contributed by atoms with Gasteiger partial charge in [-0.2, -0.15) is 0 Å². The average molecular weight is 272 g/mol. The zero-order valence-electron chi connectivity index (χ0n) is 11.2. The minimum atomic E-state index is 0.371. The normalized spacial score (nSPS) is 23.6. The maximum Gasteiger partial charge on any atom is 0.0758 e. The lowest BCUT2D eigenvalue weighted by molar-refractivity contribution is 0.200. The van der Waals surface area contributed by atoms with Crippen LogP contribution in [-0.2, 0) is 0 Å². The first-order valence-electron chi connectivity index (χ1n) is 7.08. The van der Waals surface area contributed by atoms with E-state index < -0.39 is 0 Å². The van der Waals surface area contributed by atoms with Crippen molar-refractivity contribution in [2.75, 3.05) is 13.1 Å². The van der Waals surface area contributed by atoms with E-state index in [0.717, 1.165) is 6.42 Å². The summed E-state index contributed by atoms with van der Waals surface area (Å²) >= 11 is 1.62. The predicted octanol–water partition coefficient (Wildman–Crippen LogP) is 4.25. The average Bonchev–Trinajstić information content (AvgIpc) is 2.48. The molecule has 2 nitrogen and oxygen atoms in total. The molecule has 0 radical (unpaired) electrons. The zero-order chi connectivity index (χ0) is 13.1. The highest BCUT2D eigenvalue weighted by atomic mass is 32.2. The first-order valence-corrected chi connectivity index (χ1v) is 7.85. The largest absolute Gasteiger partial charge is 0.291 e. The quantitative estimate of drug-likeness (QED) is 0.604. The van der Waals surface area contributed by atoms with Crippen molar-refractivity contribution in [2.24, 2.45) is 4.40 Å². The van der Waals surface area contributed by atoms with E-state index in [1.807, 2.05) is 6.08 Å². The molecule has 1 aromatic rings. The van der Waals surface area contributed by atoms with E-state index in [2.05, 4.69) is 35.7 Å². The van der Waals surface area contributed by atoms with Crippen LogP contribution in [0.25, 0.3) is 0 Å². The Kier molecular flexibility index (Phi) is 4.04. The van der Waals surface area contributed by atoms with E-state index in [0.29, 0.717) is 6.04 Å². The van der Waals surface area contributed by atoms with E-state index in [1.54, 1.807) is 11.9 Å². The number of fused-ring (bicyclic) bond motifs is 1. The standard InChI is InChI=1S/C16H20N2S/c1-2-8-14-16(18-11-6-3-7-12-18)13-9-4-5-10-15(13)19-17-14/h2,4-5,9-10,16H,1,3,6-8,11-12H2. The van der Waals surface area contributed by atoms with Crippen LogP contribution in [0, 0.1) is 0 Å². The molecule has 1 fully saturated rings. The van der Waals surface area contributed by atoms with Gasteiger partial charge in [-0.1, -0.05) is 30.7 Å². The number of nitrogens with zero attached hydrogens (tertiary/aromatic N) is 2. The lowest BCUT2D eigenvalue weighted by Crippen LogP contribution is -2.38.